The fraction of sp³-hybridized carbons (Fsp3) is 0.450. The molecule has 0 spiro atoms. The maximum atomic E-state index is 12.6. The summed E-state index contributed by atoms with van der Waals surface area (Å²) in [5.41, 5.74) is 1.34. The van der Waals surface area contributed by atoms with E-state index in [-0.39, 0.29) is 5.91 Å². The zero-order valence-corrected chi connectivity index (χ0v) is 14.4. The van der Waals surface area contributed by atoms with E-state index in [0.717, 1.165) is 38.4 Å². The number of carbonyl (C=O) groups excluding carboxylic acids is 1. The van der Waals surface area contributed by atoms with Crippen molar-refractivity contribution < 1.29 is 9.21 Å². The standard InChI is InChI=1S/C20H26N2O2/c1-2-18-16-21(15-17-7-4-3-5-8-17)12-13-22(18)20(23)11-10-19-9-6-14-24-19/h3-9,14,18H,2,10-13,15-16H2,1H3/t18-/m1/s1. The third kappa shape index (κ3) is 4.26. The molecule has 0 saturated carbocycles. The molecule has 0 aliphatic carbocycles. The Labute approximate surface area is 144 Å². The van der Waals surface area contributed by atoms with Crippen molar-refractivity contribution in [3.63, 3.8) is 0 Å². The molecule has 0 unspecified atom stereocenters. The Kier molecular flexibility index (Phi) is 5.70. The number of nitrogens with zero attached hydrogens (tertiary/aromatic N) is 2. The van der Waals surface area contributed by atoms with Crippen LogP contribution < -0.4 is 0 Å². The van der Waals surface area contributed by atoms with Gasteiger partial charge in [-0.15, -0.1) is 0 Å². The first-order chi connectivity index (χ1) is 11.8. The lowest BCUT2D eigenvalue weighted by Gasteiger charge is -2.41. The smallest absolute Gasteiger partial charge is 0.223 e. The maximum absolute atomic E-state index is 12.6. The van der Waals surface area contributed by atoms with E-state index >= 15 is 0 Å². The number of benzene rings is 1. The number of furan rings is 1. The van der Waals surface area contributed by atoms with Crippen molar-refractivity contribution in [2.45, 2.75) is 38.8 Å². The predicted octanol–water partition coefficient (Wildman–Crippen LogP) is 3.34. The van der Waals surface area contributed by atoms with E-state index in [1.807, 2.05) is 18.2 Å². The van der Waals surface area contributed by atoms with Gasteiger partial charge in [0.15, 0.2) is 0 Å². The molecule has 1 aromatic heterocycles. The Balaban J connectivity index is 1.53. The van der Waals surface area contributed by atoms with Gasteiger partial charge in [0.25, 0.3) is 0 Å². The molecule has 1 atom stereocenters. The van der Waals surface area contributed by atoms with E-state index in [1.165, 1.54) is 5.56 Å². The molecule has 2 heterocycles. The van der Waals surface area contributed by atoms with Gasteiger partial charge in [-0.05, 0) is 24.1 Å². The normalized spacial score (nSPS) is 18.7. The molecule has 24 heavy (non-hydrogen) atoms. The third-order valence-corrected chi connectivity index (χ3v) is 4.77. The summed E-state index contributed by atoms with van der Waals surface area (Å²) in [5, 5.41) is 0. The lowest BCUT2D eigenvalue weighted by atomic mass is 10.1. The van der Waals surface area contributed by atoms with Crippen LogP contribution in [0, 0.1) is 0 Å². The van der Waals surface area contributed by atoms with Crippen molar-refractivity contribution >= 4 is 5.91 Å². The van der Waals surface area contributed by atoms with E-state index in [0.29, 0.717) is 18.9 Å². The van der Waals surface area contributed by atoms with Crippen LogP contribution in [-0.4, -0.2) is 41.4 Å². The van der Waals surface area contributed by atoms with E-state index in [2.05, 4.69) is 41.0 Å². The largest absolute Gasteiger partial charge is 0.469 e. The van der Waals surface area contributed by atoms with Gasteiger partial charge in [0.05, 0.1) is 6.26 Å². The summed E-state index contributed by atoms with van der Waals surface area (Å²) < 4.78 is 5.33. The quantitative estimate of drug-likeness (QED) is 0.817. The zero-order valence-electron chi connectivity index (χ0n) is 14.4. The highest BCUT2D eigenvalue weighted by atomic mass is 16.3. The van der Waals surface area contributed by atoms with Crippen molar-refractivity contribution in [3.05, 3.63) is 60.1 Å². The van der Waals surface area contributed by atoms with Gasteiger partial charge in [-0.25, -0.2) is 0 Å². The second-order valence-corrected chi connectivity index (χ2v) is 6.45. The molecular weight excluding hydrogens is 300 g/mol. The van der Waals surface area contributed by atoms with Crippen LogP contribution in [0.5, 0.6) is 0 Å². The van der Waals surface area contributed by atoms with Gasteiger partial charge in [0.2, 0.25) is 5.91 Å². The summed E-state index contributed by atoms with van der Waals surface area (Å²) in [4.78, 5) is 17.1. The maximum Gasteiger partial charge on any atom is 0.223 e. The highest BCUT2D eigenvalue weighted by Gasteiger charge is 2.28. The van der Waals surface area contributed by atoms with Crippen LogP contribution >= 0.6 is 0 Å². The van der Waals surface area contributed by atoms with Gasteiger partial charge in [-0.1, -0.05) is 37.3 Å². The molecule has 1 fully saturated rings. The Hall–Kier alpha value is -2.07. The van der Waals surface area contributed by atoms with Gasteiger partial charge in [-0.3, -0.25) is 9.69 Å². The van der Waals surface area contributed by atoms with Gasteiger partial charge >= 0.3 is 0 Å². The van der Waals surface area contributed by atoms with E-state index in [4.69, 9.17) is 4.42 Å². The van der Waals surface area contributed by atoms with Crippen LogP contribution in [0.3, 0.4) is 0 Å². The Morgan fingerprint density at radius 3 is 2.71 bits per heavy atom. The van der Waals surface area contributed by atoms with Crippen LogP contribution in [0.1, 0.15) is 31.1 Å². The van der Waals surface area contributed by atoms with Crippen LogP contribution in [-0.2, 0) is 17.8 Å². The fourth-order valence-corrected chi connectivity index (χ4v) is 3.41. The summed E-state index contributed by atoms with van der Waals surface area (Å²) in [6.45, 7) is 5.85. The monoisotopic (exact) mass is 326 g/mol. The molecule has 4 heteroatoms. The Morgan fingerprint density at radius 1 is 1.17 bits per heavy atom. The summed E-state index contributed by atoms with van der Waals surface area (Å²) in [6.07, 6.45) is 3.88. The molecule has 0 N–H and O–H groups in total. The highest BCUT2D eigenvalue weighted by Crippen LogP contribution is 2.17. The minimum atomic E-state index is 0.248. The average molecular weight is 326 g/mol. The number of aryl methyl sites for hydroxylation is 1. The van der Waals surface area contributed by atoms with Crippen LogP contribution in [0.15, 0.2) is 53.1 Å². The summed E-state index contributed by atoms with van der Waals surface area (Å²) >= 11 is 0. The Bertz CT molecular complexity index is 624. The first-order valence-corrected chi connectivity index (χ1v) is 8.84. The minimum Gasteiger partial charge on any atom is -0.469 e. The molecule has 1 aliphatic heterocycles. The molecular formula is C20H26N2O2. The molecule has 1 saturated heterocycles. The second-order valence-electron chi connectivity index (χ2n) is 6.45. The average Bonchev–Trinajstić information content (AvgIpc) is 3.14. The molecule has 4 nitrogen and oxygen atoms in total. The number of piperazine rings is 1. The number of carbonyl (C=O) groups is 1. The van der Waals surface area contributed by atoms with Crippen LogP contribution in [0.4, 0.5) is 0 Å². The zero-order chi connectivity index (χ0) is 16.8. The Morgan fingerprint density at radius 2 is 2.00 bits per heavy atom. The van der Waals surface area contributed by atoms with Gasteiger partial charge < -0.3 is 9.32 Å². The van der Waals surface area contributed by atoms with Crippen LogP contribution in [0.2, 0.25) is 0 Å². The number of rotatable bonds is 6. The topological polar surface area (TPSA) is 36.7 Å². The van der Waals surface area contributed by atoms with Crippen molar-refractivity contribution in [3.8, 4) is 0 Å². The number of hydrogen-bond acceptors (Lipinski definition) is 3. The van der Waals surface area contributed by atoms with E-state index in [1.54, 1.807) is 6.26 Å². The third-order valence-electron chi connectivity index (χ3n) is 4.77. The predicted molar refractivity (Wildman–Crippen MR) is 94.5 cm³/mol. The molecule has 2 aromatic rings. The molecule has 3 rings (SSSR count). The first kappa shape index (κ1) is 16.8. The van der Waals surface area contributed by atoms with Crippen molar-refractivity contribution in [2.24, 2.45) is 0 Å². The van der Waals surface area contributed by atoms with Gasteiger partial charge in [-0.2, -0.15) is 0 Å². The lowest BCUT2D eigenvalue weighted by molar-refractivity contribution is -0.136. The van der Waals surface area contributed by atoms with Crippen LogP contribution in [0.25, 0.3) is 0 Å². The van der Waals surface area contributed by atoms with Gasteiger partial charge in [0.1, 0.15) is 5.76 Å². The number of hydrogen-bond donors (Lipinski definition) is 0. The minimum absolute atomic E-state index is 0.248. The highest BCUT2D eigenvalue weighted by molar-refractivity contribution is 5.76. The molecule has 0 radical (unpaired) electrons. The molecule has 1 aromatic carbocycles. The SMILES string of the molecule is CC[C@@H]1CN(Cc2ccccc2)CCN1C(=O)CCc1ccco1. The summed E-state index contributed by atoms with van der Waals surface area (Å²) in [5.74, 6) is 1.14. The number of amides is 1. The molecule has 1 aliphatic rings. The van der Waals surface area contributed by atoms with E-state index < -0.39 is 0 Å². The van der Waals surface area contributed by atoms with E-state index in [9.17, 15) is 4.79 Å². The molecule has 1 amide bonds. The molecule has 128 valence electrons. The van der Waals surface area contributed by atoms with Crippen molar-refractivity contribution in [1.29, 1.82) is 0 Å². The lowest BCUT2D eigenvalue weighted by Crippen LogP contribution is -2.54. The fourth-order valence-electron chi connectivity index (χ4n) is 3.41. The molecule has 0 bridgehead atoms. The second kappa shape index (κ2) is 8.15. The van der Waals surface area contributed by atoms with Crippen molar-refractivity contribution in [1.82, 2.24) is 9.80 Å². The first-order valence-electron chi connectivity index (χ1n) is 8.84. The summed E-state index contributed by atoms with van der Waals surface area (Å²) in [7, 11) is 0. The van der Waals surface area contributed by atoms with Crippen molar-refractivity contribution in [2.75, 3.05) is 19.6 Å². The van der Waals surface area contributed by atoms with Gasteiger partial charge in [0, 0.05) is 45.1 Å². The summed E-state index contributed by atoms with van der Waals surface area (Å²) in [6, 6.07) is 14.7.